The van der Waals surface area contributed by atoms with Gasteiger partial charge in [0.05, 0.1) is 0 Å². The molecule has 1 rings (SSSR count). The predicted octanol–water partition coefficient (Wildman–Crippen LogP) is 7.87. The Balaban J connectivity index is 1.92. The molecule has 1 aromatic rings. The summed E-state index contributed by atoms with van der Waals surface area (Å²) in [5.74, 6) is 0.555. The molecule has 0 saturated carbocycles. The van der Waals surface area contributed by atoms with Gasteiger partial charge in [0.25, 0.3) is 0 Å². The number of hydrogen-bond donors (Lipinski definition) is 0. The van der Waals surface area contributed by atoms with Gasteiger partial charge in [-0.15, -0.1) is 0 Å². The first-order chi connectivity index (χ1) is 14.1. The normalized spacial score (nSPS) is 11.4. The molecular weight excluding hydrogens is 376 g/mol. The van der Waals surface area contributed by atoms with E-state index in [1.807, 2.05) is 24.3 Å². The van der Waals surface area contributed by atoms with E-state index in [9.17, 15) is 4.79 Å². The van der Waals surface area contributed by atoms with E-state index < -0.39 is 0 Å². The molecule has 0 fully saturated rings. The second kappa shape index (κ2) is 17.6. The van der Waals surface area contributed by atoms with Crippen molar-refractivity contribution in [3.05, 3.63) is 36.4 Å². The number of hydrogen-bond acceptors (Lipinski definition) is 2. The van der Waals surface area contributed by atoms with Gasteiger partial charge >= 0.3 is 5.97 Å². The summed E-state index contributed by atoms with van der Waals surface area (Å²) in [6.45, 7) is 2.27. The van der Waals surface area contributed by atoms with Crippen LogP contribution in [-0.4, -0.2) is 18.5 Å². The van der Waals surface area contributed by atoms with Gasteiger partial charge in [-0.3, -0.25) is 4.79 Å². The van der Waals surface area contributed by atoms with Crippen LogP contribution in [0.25, 0.3) is 0 Å². The highest BCUT2D eigenvalue weighted by Gasteiger charge is 2.09. The van der Waals surface area contributed by atoms with Gasteiger partial charge in [-0.1, -0.05) is 70.4 Å². The maximum Gasteiger partial charge on any atom is 0.311 e. The average molecular weight is 420 g/mol. The average Bonchev–Trinajstić information content (AvgIpc) is 2.71. The lowest BCUT2D eigenvalue weighted by atomic mass is 10.1. The fourth-order valence-electron chi connectivity index (χ4n) is 3.30. The third-order valence-corrected chi connectivity index (χ3v) is 6.38. The molecule has 1 aromatic carbocycles. The zero-order valence-corrected chi connectivity index (χ0v) is 19.9. The van der Waals surface area contributed by atoms with Crippen molar-refractivity contribution in [2.24, 2.45) is 0 Å². The molecule has 0 atom stereocenters. The van der Waals surface area contributed by atoms with Gasteiger partial charge in [-0.05, 0) is 56.4 Å². The maximum atomic E-state index is 11.9. The fraction of sp³-hybridized carbons (Fsp3) is 0.654. The molecule has 0 bridgehead atoms. The van der Waals surface area contributed by atoms with E-state index in [2.05, 4.69) is 31.6 Å². The Bertz CT molecular complexity index is 548. The molecule has 164 valence electrons. The van der Waals surface area contributed by atoms with Gasteiger partial charge in [0, 0.05) is 17.3 Å². The van der Waals surface area contributed by atoms with E-state index in [4.69, 9.17) is 4.74 Å². The Hall–Kier alpha value is -1.22. The first kappa shape index (κ1) is 25.8. The molecule has 2 nitrogen and oxygen atoms in total. The van der Waals surface area contributed by atoms with Gasteiger partial charge in [0.15, 0.2) is 4.90 Å². The largest absolute Gasteiger partial charge is 0.427 e. The van der Waals surface area contributed by atoms with Crippen LogP contribution in [0.1, 0.15) is 96.8 Å². The molecule has 0 aliphatic heterocycles. The second-order valence-corrected chi connectivity index (χ2v) is 10.2. The van der Waals surface area contributed by atoms with Crippen LogP contribution >= 0.6 is 0 Å². The third kappa shape index (κ3) is 14.4. The lowest BCUT2D eigenvalue weighted by Gasteiger charge is -2.05. The maximum absolute atomic E-state index is 11.9. The molecule has 0 heterocycles. The van der Waals surface area contributed by atoms with Crippen LogP contribution in [-0.2, 0) is 15.7 Å². The highest BCUT2D eigenvalue weighted by atomic mass is 32.2. The van der Waals surface area contributed by atoms with Crippen LogP contribution in [0.3, 0.4) is 0 Å². The zero-order valence-electron chi connectivity index (χ0n) is 19.1. The Labute approximate surface area is 182 Å². The quantitative estimate of drug-likeness (QED) is 0.0844. The van der Waals surface area contributed by atoms with Crippen LogP contribution in [0.5, 0.6) is 5.75 Å². The summed E-state index contributed by atoms with van der Waals surface area (Å²) in [4.78, 5) is 13.2. The summed E-state index contributed by atoms with van der Waals surface area (Å²) in [6.07, 6.45) is 26.1. The molecule has 0 spiro atoms. The molecule has 0 saturated heterocycles. The van der Waals surface area contributed by atoms with Gasteiger partial charge < -0.3 is 4.74 Å². The van der Waals surface area contributed by atoms with Gasteiger partial charge in [0.2, 0.25) is 0 Å². The summed E-state index contributed by atoms with van der Waals surface area (Å²) in [7, 11) is 0.241. The Kier molecular flexibility index (Phi) is 15.7. The minimum atomic E-state index is -0.109. The van der Waals surface area contributed by atoms with E-state index in [-0.39, 0.29) is 16.9 Å². The molecular formula is C26H43O2S+. The third-order valence-electron chi connectivity index (χ3n) is 5.17. The summed E-state index contributed by atoms with van der Waals surface area (Å²) in [6, 6.07) is 7.90. The van der Waals surface area contributed by atoms with E-state index >= 15 is 0 Å². The number of unbranched alkanes of at least 4 members (excludes halogenated alkanes) is 11. The van der Waals surface area contributed by atoms with Crippen LogP contribution in [0.15, 0.2) is 41.3 Å². The summed E-state index contributed by atoms with van der Waals surface area (Å²) >= 11 is 0. The molecule has 0 amide bonds. The summed E-state index contributed by atoms with van der Waals surface area (Å²) < 4.78 is 5.42. The van der Waals surface area contributed by atoms with Crippen molar-refractivity contribution in [3.8, 4) is 5.75 Å². The van der Waals surface area contributed by atoms with Crippen LogP contribution in [0.4, 0.5) is 0 Å². The number of carbonyl (C=O) groups is 1. The number of benzene rings is 1. The lowest BCUT2D eigenvalue weighted by Crippen LogP contribution is -2.07. The van der Waals surface area contributed by atoms with Gasteiger partial charge in [0.1, 0.15) is 18.3 Å². The Morgan fingerprint density at radius 3 is 1.86 bits per heavy atom. The highest BCUT2D eigenvalue weighted by Crippen LogP contribution is 2.17. The van der Waals surface area contributed by atoms with E-state index in [1.165, 1.54) is 75.5 Å². The topological polar surface area (TPSA) is 26.3 Å². The summed E-state index contributed by atoms with van der Waals surface area (Å²) in [5, 5.41) is 0. The minimum absolute atomic E-state index is 0.109. The second-order valence-electron chi connectivity index (χ2n) is 8.10. The van der Waals surface area contributed by atoms with Crippen molar-refractivity contribution in [2.45, 2.75) is 102 Å². The molecule has 0 aliphatic rings. The number of esters is 1. The van der Waals surface area contributed by atoms with Crippen LogP contribution in [0, 0.1) is 0 Å². The van der Waals surface area contributed by atoms with Gasteiger partial charge in [-0.25, -0.2) is 0 Å². The first-order valence-corrected chi connectivity index (χ1v) is 13.7. The van der Waals surface area contributed by atoms with Crippen molar-refractivity contribution in [1.29, 1.82) is 0 Å². The van der Waals surface area contributed by atoms with E-state index in [0.717, 1.165) is 12.8 Å². The molecule has 0 aromatic heterocycles. The molecule has 0 N–H and O–H groups in total. The number of carbonyl (C=O) groups excluding carboxylic acids is 1. The van der Waals surface area contributed by atoms with E-state index in [0.29, 0.717) is 12.2 Å². The predicted molar refractivity (Wildman–Crippen MR) is 129 cm³/mol. The SMILES string of the molecule is CCCCCCCC/C=C\CCCCCCCC(=O)Oc1ccc([S+](C)C)cc1. The van der Waals surface area contributed by atoms with Gasteiger partial charge in [-0.2, -0.15) is 0 Å². The zero-order chi connectivity index (χ0) is 21.2. The van der Waals surface area contributed by atoms with E-state index in [1.54, 1.807) is 0 Å². The highest BCUT2D eigenvalue weighted by molar-refractivity contribution is 7.95. The number of allylic oxidation sites excluding steroid dienone is 2. The minimum Gasteiger partial charge on any atom is -0.427 e. The number of rotatable bonds is 17. The van der Waals surface area contributed by atoms with Crippen LogP contribution in [0.2, 0.25) is 0 Å². The number of ether oxygens (including phenoxy) is 1. The molecule has 0 radical (unpaired) electrons. The molecule has 3 heteroatoms. The van der Waals surface area contributed by atoms with Crippen molar-refractivity contribution >= 4 is 16.9 Å². The first-order valence-electron chi connectivity index (χ1n) is 11.7. The standard InChI is InChI=1S/C26H43O2S/c1-4-5-6-7-8-9-10-11-12-13-14-15-16-17-18-19-26(27)28-24-20-22-25(23-21-24)29(2)3/h11-12,20-23H,4-10,13-19H2,1-3H3/q+1/b12-11-. The lowest BCUT2D eigenvalue weighted by molar-refractivity contribution is -0.134. The van der Waals surface area contributed by atoms with Crippen molar-refractivity contribution in [3.63, 3.8) is 0 Å². The van der Waals surface area contributed by atoms with Crippen molar-refractivity contribution < 1.29 is 9.53 Å². The molecule has 29 heavy (non-hydrogen) atoms. The summed E-state index contributed by atoms with van der Waals surface area (Å²) in [5.41, 5.74) is 0. The molecule has 0 aliphatic carbocycles. The van der Waals surface area contributed by atoms with Crippen molar-refractivity contribution in [2.75, 3.05) is 12.5 Å². The van der Waals surface area contributed by atoms with Crippen LogP contribution < -0.4 is 4.74 Å². The Morgan fingerprint density at radius 1 is 0.793 bits per heavy atom. The Morgan fingerprint density at radius 2 is 1.31 bits per heavy atom. The fourth-order valence-corrected chi connectivity index (χ4v) is 3.98. The van der Waals surface area contributed by atoms with Crippen molar-refractivity contribution in [1.82, 2.24) is 0 Å². The smallest absolute Gasteiger partial charge is 0.311 e. The monoisotopic (exact) mass is 419 g/mol. The molecule has 0 unspecified atom stereocenters.